The molecular formula is C25H27N3O5. The Morgan fingerprint density at radius 3 is 2.39 bits per heavy atom. The van der Waals surface area contributed by atoms with Crippen molar-refractivity contribution in [1.82, 2.24) is 4.90 Å². The molecule has 4 amide bonds. The Balaban J connectivity index is 1.53. The number of nitrogens with one attached hydrogen (secondary N) is 1. The Bertz CT molecular complexity index is 1080. The molecule has 2 fully saturated rings. The minimum absolute atomic E-state index is 0.0478. The number of anilines is 2. The second-order valence-corrected chi connectivity index (χ2v) is 8.48. The zero-order valence-corrected chi connectivity index (χ0v) is 18.7. The fourth-order valence-electron chi connectivity index (χ4n) is 4.59. The van der Waals surface area contributed by atoms with E-state index in [2.05, 4.69) is 10.1 Å². The molecule has 1 saturated carbocycles. The summed E-state index contributed by atoms with van der Waals surface area (Å²) in [6, 6.07) is 12.3. The van der Waals surface area contributed by atoms with E-state index in [0.717, 1.165) is 31.2 Å². The number of methoxy groups -OCH3 is 1. The van der Waals surface area contributed by atoms with Crippen LogP contribution in [0.15, 0.2) is 48.5 Å². The van der Waals surface area contributed by atoms with E-state index < -0.39 is 12.0 Å². The maximum atomic E-state index is 13.4. The third-order valence-electron chi connectivity index (χ3n) is 6.20. The number of hydrogen-bond acceptors (Lipinski definition) is 5. The van der Waals surface area contributed by atoms with Crippen molar-refractivity contribution in [2.24, 2.45) is 0 Å². The number of carbonyl (C=O) groups is 4. The first-order chi connectivity index (χ1) is 15.9. The predicted molar refractivity (Wildman–Crippen MR) is 123 cm³/mol. The lowest BCUT2D eigenvalue weighted by Gasteiger charge is -2.27. The topological polar surface area (TPSA) is 96.0 Å². The van der Waals surface area contributed by atoms with E-state index in [1.54, 1.807) is 41.3 Å². The quantitative estimate of drug-likeness (QED) is 0.533. The molecule has 2 aromatic rings. The molecule has 2 aromatic carbocycles. The highest BCUT2D eigenvalue weighted by Gasteiger charge is 2.49. The summed E-state index contributed by atoms with van der Waals surface area (Å²) in [4.78, 5) is 54.0. The molecule has 8 heteroatoms. The first-order valence-corrected chi connectivity index (χ1v) is 11.1. The number of nitrogens with zero attached hydrogens (tertiary/aromatic N) is 2. The third kappa shape index (κ3) is 4.60. The first-order valence-electron chi connectivity index (χ1n) is 11.1. The first kappa shape index (κ1) is 22.5. The van der Waals surface area contributed by atoms with E-state index in [-0.39, 0.29) is 30.3 Å². The number of carbonyl (C=O) groups excluding carboxylic acids is 4. The molecule has 33 heavy (non-hydrogen) atoms. The van der Waals surface area contributed by atoms with Crippen molar-refractivity contribution < 1.29 is 23.9 Å². The molecule has 1 saturated heterocycles. The average Bonchev–Trinajstić information content (AvgIpc) is 3.40. The van der Waals surface area contributed by atoms with Crippen molar-refractivity contribution in [2.45, 2.75) is 51.1 Å². The van der Waals surface area contributed by atoms with Gasteiger partial charge in [-0.1, -0.05) is 25.0 Å². The lowest BCUT2D eigenvalue weighted by Crippen LogP contribution is -2.43. The van der Waals surface area contributed by atoms with Crippen molar-refractivity contribution in [3.05, 3.63) is 59.7 Å². The van der Waals surface area contributed by atoms with Crippen LogP contribution in [0.2, 0.25) is 0 Å². The number of rotatable bonds is 6. The van der Waals surface area contributed by atoms with E-state index in [0.29, 0.717) is 16.9 Å². The van der Waals surface area contributed by atoms with Crippen molar-refractivity contribution in [1.29, 1.82) is 0 Å². The highest BCUT2D eigenvalue weighted by molar-refractivity contribution is 6.22. The van der Waals surface area contributed by atoms with Gasteiger partial charge >= 0.3 is 12.0 Å². The number of aryl methyl sites for hydroxylation is 1. The maximum Gasteiger partial charge on any atom is 0.337 e. The fraction of sp³-hybridized carbons (Fsp3) is 0.360. The Labute approximate surface area is 192 Å². The second kappa shape index (κ2) is 9.44. The number of urea groups is 1. The zero-order valence-electron chi connectivity index (χ0n) is 18.7. The molecule has 8 nitrogen and oxygen atoms in total. The molecule has 4 rings (SSSR count). The maximum absolute atomic E-state index is 13.4. The molecule has 1 heterocycles. The molecule has 0 bridgehead atoms. The van der Waals surface area contributed by atoms with Gasteiger partial charge in [-0.15, -0.1) is 0 Å². The van der Waals surface area contributed by atoms with Crippen LogP contribution in [0, 0.1) is 6.92 Å². The molecule has 0 radical (unpaired) electrons. The molecule has 0 spiro atoms. The van der Waals surface area contributed by atoms with Gasteiger partial charge < -0.3 is 15.0 Å². The Morgan fingerprint density at radius 1 is 1.06 bits per heavy atom. The van der Waals surface area contributed by atoms with E-state index in [4.69, 9.17) is 0 Å². The molecule has 1 aliphatic heterocycles. The molecule has 0 aromatic heterocycles. The van der Waals surface area contributed by atoms with Crippen LogP contribution >= 0.6 is 0 Å². The van der Waals surface area contributed by atoms with Gasteiger partial charge in [0, 0.05) is 11.7 Å². The summed E-state index contributed by atoms with van der Waals surface area (Å²) in [7, 11) is 1.30. The highest BCUT2D eigenvalue weighted by Crippen LogP contribution is 2.34. The van der Waals surface area contributed by atoms with Crippen LogP contribution in [0.5, 0.6) is 0 Å². The summed E-state index contributed by atoms with van der Waals surface area (Å²) in [5, 5.41) is 2.76. The molecular weight excluding hydrogens is 422 g/mol. The monoisotopic (exact) mass is 449 g/mol. The number of ether oxygens (including phenoxy) is 1. The van der Waals surface area contributed by atoms with Crippen LogP contribution in [0.4, 0.5) is 16.2 Å². The Kier molecular flexibility index (Phi) is 6.44. The molecule has 1 atom stereocenters. The molecule has 172 valence electrons. The lowest BCUT2D eigenvalue weighted by atomic mass is 10.1. The van der Waals surface area contributed by atoms with Crippen molar-refractivity contribution >= 4 is 35.2 Å². The minimum atomic E-state index is -0.851. The largest absolute Gasteiger partial charge is 0.465 e. The number of imide groups is 1. The molecule has 1 N–H and O–H groups in total. The number of hydrogen-bond donors (Lipinski definition) is 1. The lowest BCUT2D eigenvalue weighted by molar-refractivity contribution is -0.124. The second-order valence-electron chi connectivity index (χ2n) is 8.48. The van der Waals surface area contributed by atoms with Gasteiger partial charge in [-0.25, -0.2) is 14.5 Å². The van der Waals surface area contributed by atoms with Gasteiger partial charge in [-0.3, -0.25) is 9.59 Å². The van der Waals surface area contributed by atoms with E-state index in [9.17, 15) is 19.2 Å². The van der Waals surface area contributed by atoms with Crippen LogP contribution in [-0.2, 0) is 14.3 Å². The van der Waals surface area contributed by atoms with Crippen LogP contribution in [-0.4, -0.2) is 47.9 Å². The summed E-state index contributed by atoms with van der Waals surface area (Å²) in [6.07, 6.45) is 3.51. The summed E-state index contributed by atoms with van der Waals surface area (Å²) in [5.74, 6) is -1.22. The number of amides is 4. The van der Waals surface area contributed by atoms with E-state index in [1.807, 2.05) is 19.1 Å². The van der Waals surface area contributed by atoms with E-state index >= 15 is 0 Å². The third-order valence-corrected chi connectivity index (χ3v) is 6.20. The van der Waals surface area contributed by atoms with Crippen LogP contribution in [0.25, 0.3) is 0 Å². The standard InChI is InChI=1S/C25H27N3O5/c1-16-6-5-9-20(14-16)28-23(30)21(27(25(28)32)19-7-3-4-8-19)15-22(29)26-18-12-10-17(11-13-18)24(31)33-2/h5-6,9-14,19,21H,3-4,7-8,15H2,1-2H3,(H,26,29)/t21-/m0/s1. The van der Waals surface area contributed by atoms with Gasteiger partial charge in [-0.05, 0) is 61.7 Å². The van der Waals surface area contributed by atoms with Crippen molar-refractivity contribution in [2.75, 3.05) is 17.3 Å². The van der Waals surface area contributed by atoms with Crippen LogP contribution in [0.1, 0.15) is 48.0 Å². The normalized spacial score (nSPS) is 18.7. The highest BCUT2D eigenvalue weighted by atomic mass is 16.5. The van der Waals surface area contributed by atoms with Crippen LogP contribution < -0.4 is 10.2 Å². The minimum Gasteiger partial charge on any atom is -0.465 e. The molecule has 1 aliphatic carbocycles. The molecule has 2 aliphatic rings. The van der Waals surface area contributed by atoms with Crippen molar-refractivity contribution in [3.8, 4) is 0 Å². The Hall–Kier alpha value is -3.68. The smallest absolute Gasteiger partial charge is 0.337 e. The van der Waals surface area contributed by atoms with Gasteiger partial charge in [0.15, 0.2) is 0 Å². The number of esters is 1. The van der Waals surface area contributed by atoms with Gasteiger partial charge in [0.25, 0.3) is 5.91 Å². The number of benzene rings is 2. The summed E-state index contributed by atoms with van der Waals surface area (Å²) in [6.45, 7) is 1.90. The SMILES string of the molecule is COC(=O)c1ccc(NC(=O)C[C@H]2C(=O)N(c3cccc(C)c3)C(=O)N2C2CCCC2)cc1. The van der Waals surface area contributed by atoms with Crippen LogP contribution in [0.3, 0.4) is 0 Å². The average molecular weight is 450 g/mol. The fourth-order valence-corrected chi connectivity index (χ4v) is 4.59. The molecule has 0 unspecified atom stereocenters. The van der Waals surface area contributed by atoms with Gasteiger partial charge in [-0.2, -0.15) is 0 Å². The predicted octanol–water partition coefficient (Wildman–Crippen LogP) is 3.89. The van der Waals surface area contributed by atoms with Gasteiger partial charge in [0.05, 0.1) is 24.8 Å². The Morgan fingerprint density at radius 2 is 1.76 bits per heavy atom. The summed E-state index contributed by atoms with van der Waals surface area (Å²) >= 11 is 0. The van der Waals surface area contributed by atoms with Gasteiger partial charge in [0.2, 0.25) is 5.91 Å². The van der Waals surface area contributed by atoms with E-state index in [1.165, 1.54) is 12.0 Å². The zero-order chi connectivity index (χ0) is 23.5. The van der Waals surface area contributed by atoms with Gasteiger partial charge in [0.1, 0.15) is 6.04 Å². The summed E-state index contributed by atoms with van der Waals surface area (Å²) in [5.41, 5.74) is 2.33. The summed E-state index contributed by atoms with van der Waals surface area (Å²) < 4.78 is 4.68. The van der Waals surface area contributed by atoms with Crippen molar-refractivity contribution in [3.63, 3.8) is 0 Å².